The zero-order valence-corrected chi connectivity index (χ0v) is 15.6. The van der Waals surface area contributed by atoms with Gasteiger partial charge in [0.1, 0.15) is 5.82 Å². The molecule has 1 aliphatic rings. The van der Waals surface area contributed by atoms with Gasteiger partial charge in [0.2, 0.25) is 0 Å². The van der Waals surface area contributed by atoms with E-state index >= 15 is 0 Å². The number of imide groups is 1. The largest absolute Gasteiger partial charge is 0.331 e. The predicted molar refractivity (Wildman–Crippen MR) is 106 cm³/mol. The second-order valence-corrected chi connectivity index (χ2v) is 6.32. The van der Waals surface area contributed by atoms with Crippen LogP contribution in [-0.2, 0) is 6.54 Å². The molecule has 2 aromatic carbocycles. The lowest BCUT2D eigenvalue weighted by atomic mass is 10.1. The standard InChI is InChI=1S/C21H19N3O2.ClH/c25-20-17-10-4-5-11-18(17)21(26)24(20)14-7-6-13-23-15-12-22-19(23)16-8-2-1-3-9-16;/h1-5,8-12,15H,6-7,13-14H2;1H. The molecular formula is C21H20ClN3O2. The maximum atomic E-state index is 12.4. The van der Waals surface area contributed by atoms with E-state index in [0.29, 0.717) is 17.7 Å². The lowest BCUT2D eigenvalue weighted by molar-refractivity contribution is 0.0651. The summed E-state index contributed by atoms with van der Waals surface area (Å²) in [5, 5.41) is 0. The van der Waals surface area contributed by atoms with Crippen molar-refractivity contribution in [1.29, 1.82) is 0 Å². The monoisotopic (exact) mass is 381 g/mol. The zero-order chi connectivity index (χ0) is 17.9. The van der Waals surface area contributed by atoms with E-state index in [0.717, 1.165) is 30.8 Å². The molecule has 1 aromatic heterocycles. The Bertz CT molecular complexity index is 918. The van der Waals surface area contributed by atoms with Crippen LogP contribution >= 0.6 is 12.4 Å². The van der Waals surface area contributed by atoms with E-state index in [1.54, 1.807) is 30.5 Å². The SMILES string of the molecule is Cl.O=C1c2ccccc2C(=O)N1CCCCn1ccnc1-c1ccccc1. The summed E-state index contributed by atoms with van der Waals surface area (Å²) in [6, 6.07) is 17.1. The minimum Gasteiger partial charge on any atom is -0.331 e. The summed E-state index contributed by atoms with van der Waals surface area (Å²) in [5.41, 5.74) is 2.11. The van der Waals surface area contributed by atoms with E-state index in [2.05, 4.69) is 9.55 Å². The number of halogens is 1. The van der Waals surface area contributed by atoms with Crippen LogP contribution in [0.2, 0.25) is 0 Å². The number of aryl methyl sites for hydroxylation is 1. The number of carbonyl (C=O) groups excluding carboxylic acids is 2. The van der Waals surface area contributed by atoms with Gasteiger partial charge in [0.05, 0.1) is 11.1 Å². The first-order valence-electron chi connectivity index (χ1n) is 8.77. The normalized spacial score (nSPS) is 12.8. The molecule has 2 amide bonds. The van der Waals surface area contributed by atoms with Gasteiger partial charge in [0.15, 0.2) is 0 Å². The van der Waals surface area contributed by atoms with Crippen LogP contribution in [0.1, 0.15) is 33.6 Å². The highest BCUT2D eigenvalue weighted by Gasteiger charge is 2.34. The molecule has 27 heavy (non-hydrogen) atoms. The molecule has 0 unspecified atom stereocenters. The van der Waals surface area contributed by atoms with Gasteiger partial charge in [-0.3, -0.25) is 14.5 Å². The lowest BCUT2D eigenvalue weighted by Gasteiger charge is -2.14. The first-order valence-corrected chi connectivity index (χ1v) is 8.77. The molecule has 0 saturated heterocycles. The molecule has 0 radical (unpaired) electrons. The third kappa shape index (κ3) is 3.64. The zero-order valence-electron chi connectivity index (χ0n) is 14.7. The Morgan fingerprint density at radius 3 is 2.04 bits per heavy atom. The highest BCUT2D eigenvalue weighted by molar-refractivity contribution is 6.21. The van der Waals surface area contributed by atoms with E-state index in [-0.39, 0.29) is 24.2 Å². The van der Waals surface area contributed by atoms with Crippen molar-refractivity contribution in [2.24, 2.45) is 0 Å². The number of hydrogen-bond acceptors (Lipinski definition) is 3. The minimum absolute atomic E-state index is 0. The average Bonchev–Trinajstić information content (AvgIpc) is 3.24. The summed E-state index contributed by atoms with van der Waals surface area (Å²) in [6.45, 7) is 1.25. The molecule has 138 valence electrons. The van der Waals surface area contributed by atoms with Crippen molar-refractivity contribution in [3.05, 3.63) is 78.1 Å². The number of benzene rings is 2. The van der Waals surface area contributed by atoms with Crippen molar-refractivity contribution in [2.75, 3.05) is 6.54 Å². The van der Waals surface area contributed by atoms with Gasteiger partial charge in [-0.1, -0.05) is 42.5 Å². The summed E-state index contributed by atoms with van der Waals surface area (Å²) in [5.74, 6) is 0.572. The Kier molecular flexibility index (Phi) is 5.72. The summed E-state index contributed by atoms with van der Waals surface area (Å²) >= 11 is 0. The molecule has 0 aliphatic carbocycles. The smallest absolute Gasteiger partial charge is 0.261 e. The van der Waals surface area contributed by atoms with E-state index in [1.807, 2.05) is 36.5 Å². The van der Waals surface area contributed by atoms with Gasteiger partial charge in [-0.25, -0.2) is 4.98 Å². The van der Waals surface area contributed by atoms with E-state index in [9.17, 15) is 9.59 Å². The fourth-order valence-corrected chi connectivity index (χ4v) is 3.33. The Labute approximate surface area is 164 Å². The van der Waals surface area contributed by atoms with Crippen LogP contribution in [0.25, 0.3) is 11.4 Å². The summed E-state index contributed by atoms with van der Waals surface area (Å²) in [6.07, 6.45) is 5.39. The van der Waals surface area contributed by atoms with Crippen molar-refractivity contribution < 1.29 is 9.59 Å². The maximum Gasteiger partial charge on any atom is 0.261 e. The van der Waals surface area contributed by atoms with E-state index in [4.69, 9.17) is 0 Å². The van der Waals surface area contributed by atoms with Crippen LogP contribution in [0.3, 0.4) is 0 Å². The summed E-state index contributed by atoms with van der Waals surface area (Å²) in [7, 11) is 0. The molecule has 3 aromatic rings. The molecule has 6 heteroatoms. The van der Waals surface area contributed by atoms with Crippen LogP contribution in [-0.4, -0.2) is 32.8 Å². The molecule has 5 nitrogen and oxygen atoms in total. The first-order chi connectivity index (χ1) is 12.8. The number of aromatic nitrogens is 2. The number of hydrogen-bond donors (Lipinski definition) is 0. The van der Waals surface area contributed by atoms with Crippen molar-refractivity contribution in [1.82, 2.24) is 14.5 Å². The fourth-order valence-electron chi connectivity index (χ4n) is 3.33. The molecular weight excluding hydrogens is 362 g/mol. The second kappa shape index (κ2) is 8.18. The van der Waals surface area contributed by atoms with E-state index < -0.39 is 0 Å². The number of unbranched alkanes of at least 4 members (excludes halogenated alkanes) is 1. The molecule has 4 rings (SSSR count). The van der Waals surface area contributed by atoms with Crippen molar-refractivity contribution >= 4 is 24.2 Å². The van der Waals surface area contributed by atoms with E-state index in [1.165, 1.54) is 4.90 Å². The van der Waals surface area contributed by atoms with Crippen LogP contribution in [0.5, 0.6) is 0 Å². The maximum absolute atomic E-state index is 12.4. The molecule has 0 N–H and O–H groups in total. The van der Waals surface area contributed by atoms with Gasteiger partial charge >= 0.3 is 0 Å². The Morgan fingerprint density at radius 1 is 0.778 bits per heavy atom. The Balaban J connectivity index is 0.00000210. The third-order valence-electron chi connectivity index (χ3n) is 4.66. The molecule has 0 fully saturated rings. The molecule has 0 saturated carbocycles. The van der Waals surface area contributed by atoms with Gasteiger partial charge in [-0.15, -0.1) is 12.4 Å². The van der Waals surface area contributed by atoms with Crippen LogP contribution in [0.15, 0.2) is 67.0 Å². The molecule has 0 spiro atoms. The van der Waals surface area contributed by atoms with Crippen molar-refractivity contribution in [3.8, 4) is 11.4 Å². The second-order valence-electron chi connectivity index (χ2n) is 6.32. The molecule has 0 atom stereocenters. The van der Waals surface area contributed by atoms with Crippen LogP contribution in [0, 0.1) is 0 Å². The average molecular weight is 382 g/mol. The Hall–Kier alpha value is -2.92. The Morgan fingerprint density at radius 2 is 1.37 bits per heavy atom. The number of rotatable bonds is 6. The predicted octanol–water partition coefficient (Wildman–Crippen LogP) is 4.05. The van der Waals surface area contributed by atoms with Crippen LogP contribution < -0.4 is 0 Å². The number of carbonyl (C=O) groups is 2. The van der Waals surface area contributed by atoms with Crippen LogP contribution in [0.4, 0.5) is 0 Å². The van der Waals surface area contributed by atoms with Gasteiger partial charge < -0.3 is 4.57 Å². The lowest BCUT2D eigenvalue weighted by Crippen LogP contribution is -2.30. The summed E-state index contributed by atoms with van der Waals surface area (Å²) in [4.78, 5) is 30.5. The van der Waals surface area contributed by atoms with Gasteiger partial charge in [0, 0.05) is 31.0 Å². The highest BCUT2D eigenvalue weighted by atomic mass is 35.5. The van der Waals surface area contributed by atoms with Crippen molar-refractivity contribution in [3.63, 3.8) is 0 Å². The van der Waals surface area contributed by atoms with Gasteiger partial charge in [0.25, 0.3) is 11.8 Å². The number of nitrogens with zero attached hydrogens (tertiary/aromatic N) is 3. The number of fused-ring (bicyclic) bond motifs is 1. The van der Waals surface area contributed by atoms with Crippen molar-refractivity contribution in [2.45, 2.75) is 19.4 Å². The first kappa shape index (κ1) is 18.9. The minimum atomic E-state index is -0.182. The molecule has 0 bridgehead atoms. The van der Waals surface area contributed by atoms with Gasteiger partial charge in [-0.05, 0) is 25.0 Å². The topological polar surface area (TPSA) is 55.2 Å². The highest BCUT2D eigenvalue weighted by Crippen LogP contribution is 2.23. The molecule has 1 aliphatic heterocycles. The quantitative estimate of drug-likeness (QED) is 0.478. The molecule has 2 heterocycles. The van der Waals surface area contributed by atoms with Gasteiger partial charge in [-0.2, -0.15) is 0 Å². The third-order valence-corrected chi connectivity index (χ3v) is 4.66. The number of amides is 2. The summed E-state index contributed by atoms with van der Waals surface area (Å²) < 4.78 is 2.11. The number of imidazole rings is 1. The fraction of sp³-hybridized carbons (Fsp3) is 0.190.